The van der Waals surface area contributed by atoms with Crippen LogP contribution in [0.3, 0.4) is 0 Å². The van der Waals surface area contributed by atoms with Gasteiger partial charge in [-0.15, -0.1) is 11.3 Å². The lowest BCUT2D eigenvalue weighted by Gasteiger charge is -2.27. The second-order valence-corrected chi connectivity index (χ2v) is 11.3. The van der Waals surface area contributed by atoms with E-state index in [2.05, 4.69) is 33.4 Å². The van der Waals surface area contributed by atoms with Crippen LogP contribution in [0.1, 0.15) is 11.3 Å². The Bertz CT molecular complexity index is 2010. The molecular weight excluding hydrogens is 534 g/mol. The van der Waals surface area contributed by atoms with E-state index in [9.17, 15) is 9.59 Å². The quantitative estimate of drug-likeness (QED) is 0.257. The van der Waals surface area contributed by atoms with Crippen LogP contribution in [0.4, 0.5) is 11.6 Å². The smallest absolute Gasteiger partial charge is 0.228 e. The fraction of sp³-hybridized carbons (Fsp3) is 0.182. The van der Waals surface area contributed by atoms with E-state index in [-0.39, 0.29) is 17.8 Å². The van der Waals surface area contributed by atoms with Gasteiger partial charge in [0.25, 0.3) is 0 Å². The number of morpholine rings is 1. The molecule has 7 rings (SSSR count). The normalized spacial score (nSPS) is 13.7. The van der Waals surface area contributed by atoms with Gasteiger partial charge < -0.3 is 19.4 Å². The number of carbonyl (C=O) groups excluding carboxylic acids is 1. The minimum Gasteiger partial charge on any atom is -0.440 e. The minimum atomic E-state index is -0.0810. The van der Waals surface area contributed by atoms with E-state index in [0.717, 1.165) is 48.2 Å². The number of hydrogen-bond acceptors (Lipinski definition) is 7. The minimum absolute atomic E-state index is 0.0556. The van der Waals surface area contributed by atoms with Gasteiger partial charge in [0.1, 0.15) is 5.58 Å². The van der Waals surface area contributed by atoms with Gasteiger partial charge in [-0.2, -0.15) is 0 Å². The SMILES string of the molecule is Cc1ncccc1CC(=O)Nc1ccc2sc3c(-c4cccc5c(=O)cc(N6CCOCC6)oc45)cccc3c2c1. The number of ether oxygens (including phenoxy) is 1. The topological polar surface area (TPSA) is 84.7 Å². The molecule has 0 spiro atoms. The standard InChI is InChI=1S/C33H27N3O4S/c1-20-21(5-4-12-34-20)17-30(38)35-22-10-11-29-27(18-22)25-8-3-7-24(33(25)41-29)23-6-2-9-26-28(37)19-31(40-32(23)26)36-13-15-39-16-14-36/h2-12,18-19H,13-17H2,1H3,(H,35,38). The van der Waals surface area contributed by atoms with Crippen LogP contribution in [0, 0.1) is 6.92 Å². The first kappa shape index (κ1) is 25.4. The Morgan fingerprint density at radius 2 is 1.76 bits per heavy atom. The Morgan fingerprint density at radius 1 is 0.951 bits per heavy atom. The summed E-state index contributed by atoms with van der Waals surface area (Å²) in [4.78, 5) is 32.3. The third-order valence-corrected chi connectivity index (χ3v) is 8.82. The summed E-state index contributed by atoms with van der Waals surface area (Å²) in [7, 11) is 0. The Labute approximate surface area is 240 Å². The lowest BCUT2D eigenvalue weighted by atomic mass is 10.0. The van der Waals surface area contributed by atoms with E-state index >= 15 is 0 Å². The summed E-state index contributed by atoms with van der Waals surface area (Å²) in [5.74, 6) is 0.492. The van der Waals surface area contributed by atoms with E-state index in [1.165, 1.54) is 0 Å². The Kier molecular flexibility index (Phi) is 6.49. The van der Waals surface area contributed by atoms with Crippen molar-refractivity contribution in [1.82, 2.24) is 4.98 Å². The van der Waals surface area contributed by atoms with Crippen molar-refractivity contribution in [2.45, 2.75) is 13.3 Å². The molecule has 1 N–H and O–H groups in total. The largest absolute Gasteiger partial charge is 0.440 e. The second-order valence-electron chi connectivity index (χ2n) is 10.2. The number of pyridine rings is 1. The first-order chi connectivity index (χ1) is 20.0. The number of carbonyl (C=O) groups is 1. The van der Waals surface area contributed by atoms with Crippen molar-refractivity contribution in [3.63, 3.8) is 0 Å². The van der Waals surface area contributed by atoms with Crippen LogP contribution in [0.2, 0.25) is 0 Å². The van der Waals surface area contributed by atoms with Crippen molar-refractivity contribution < 1.29 is 13.9 Å². The monoisotopic (exact) mass is 561 g/mol. The van der Waals surface area contributed by atoms with Gasteiger partial charge in [-0.3, -0.25) is 14.6 Å². The molecule has 1 saturated heterocycles. The van der Waals surface area contributed by atoms with E-state index in [1.54, 1.807) is 23.6 Å². The highest BCUT2D eigenvalue weighted by Gasteiger charge is 2.19. The summed E-state index contributed by atoms with van der Waals surface area (Å²) in [5, 5.41) is 5.77. The molecule has 0 saturated carbocycles. The molecule has 3 aromatic carbocycles. The van der Waals surface area contributed by atoms with Crippen LogP contribution in [0.25, 0.3) is 42.3 Å². The van der Waals surface area contributed by atoms with Gasteiger partial charge in [0.05, 0.1) is 25.0 Å². The first-order valence-corrected chi connectivity index (χ1v) is 14.4. The van der Waals surface area contributed by atoms with Crippen LogP contribution < -0.4 is 15.6 Å². The maximum Gasteiger partial charge on any atom is 0.228 e. The van der Waals surface area contributed by atoms with Crippen molar-refractivity contribution in [2.75, 3.05) is 36.5 Å². The van der Waals surface area contributed by atoms with Gasteiger partial charge in [-0.25, -0.2) is 0 Å². The van der Waals surface area contributed by atoms with E-state index < -0.39 is 0 Å². The number of fused-ring (bicyclic) bond motifs is 4. The zero-order chi connectivity index (χ0) is 27.9. The molecule has 0 unspecified atom stereocenters. The third kappa shape index (κ3) is 4.75. The fourth-order valence-electron chi connectivity index (χ4n) is 5.49. The molecule has 0 aliphatic carbocycles. The predicted octanol–water partition coefficient (Wildman–Crippen LogP) is 6.55. The molecule has 0 atom stereocenters. The van der Waals surface area contributed by atoms with Gasteiger partial charge in [0.2, 0.25) is 5.91 Å². The Balaban J connectivity index is 1.29. The lowest BCUT2D eigenvalue weighted by Crippen LogP contribution is -2.36. The number of nitrogens with one attached hydrogen (secondary N) is 1. The molecule has 1 amide bonds. The van der Waals surface area contributed by atoms with Gasteiger partial charge >= 0.3 is 0 Å². The molecule has 41 heavy (non-hydrogen) atoms. The van der Waals surface area contributed by atoms with E-state index in [0.29, 0.717) is 43.2 Å². The van der Waals surface area contributed by atoms with Crippen LogP contribution in [-0.2, 0) is 16.0 Å². The molecule has 4 heterocycles. The number of thiophene rings is 1. The molecule has 8 heteroatoms. The number of amides is 1. The van der Waals surface area contributed by atoms with Crippen molar-refractivity contribution in [1.29, 1.82) is 0 Å². The Morgan fingerprint density at radius 3 is 2.59 bits per heavy atom. The van der Waals surface area contributed by atoms with Gasteiger partial charge in [-0.05, 0) is 42.8 Å². The second kappa shape index (κ2) is 10.5. The van der Waals surface area contributed by atoms with Crippen LogP contribution in [0.5, 0.6) is 0 Å². The third-order valence-electron chi connectivity index (χ3n) is 7.60. The molecule has 1 aliphatic rings. The zero-order valence-electron chi connectivity index (χ0n) is 22.5. The summed E-state index contributed by atoms with van der Waals surface area (Å²) >= 11 is 1.69. The molecule has 0 bridgehead atoms. The molecule has 1 fully saturated rings. The number of para-hydroxylation sites is 1. The number of hydrogen-bond donors (Lipinski definition) is 1. The number of nitrogens with zero attached hydrogens (tertiary/aromatic N) is 2. The number of anilines is 2. The summed E-state index contributed by atoms with van der Waals surface area (Å²) in [5.41, 5.74) is 4.94. The van der Waals surface area contributed by atoms with Gasteiger partial charge in [0, 0.05) is 68.0 Å². The molecule has 0 radical (unpaired) electrons. The number of rotatable bonds is 5. The first-order valence-electron chi connectivity index (χ1n) is 13.6. The molecule has 1 aliphatic heterocycles. The highest BCUT2D eigenvalue weighted by molar-refractivity contribution is 7.26. The summed E-state index contributed by atoms with van der Waals surface area (Å²) < 4.78 is 14.1. The summed E-state index contributed by atoms with van der Waals surface area (Å²) in [6, 6.07) is 23.3. The number of benzene rings is 3. The summed E-state index contributed by atoms with van der Waals surface area (Å²) in [6.07, 6.45) is 2.00. The van der Waals surface area contributed by atoms with Crippen molar-refractivity contribution in [3.8, 4) is 11.1 Å². The van der Waals surface area contributed by atoms with Crippen LogP contribution in [0.15, 0.2) is 88.2 Å². The van der Waals surface area contributed by atoms with Crippen molar-refractivity contribution in [2.24, 2.45) is 0 Å². The zero-order valence-corrected chi connectivity index (χ0v) is 23.3. The molecular formula is C33H27N3O4S. The number of aryl methyl sites for hydroxylation is 1. The fourth-order valence-corrected chi connectivity index (χ4v) is 6.70. The highest BCUT2D eigenvalue weighted by atomic mass is 32.1. The maximum atomic E-state index is 13.1. The average Bonchev–Trinajstić information content (AvgIpc) is 3.37. The summed E-state index contributed by atoms with van der Waals surface area (Å²) in [6.45, 7) is 4.49. The van der Waals surface area contributed by atoms with Gasteiger partial charge in [-0.1, -0.05) is 36.4 Å². The molecule has 7 nitrogen and oxygen atoms in total. The average molecular weight is 562 g/mol. The van der Waals surface area contributed by atoms with E-state index in [1.807, 2.05) is 55.5 Å². The lowest BCUT2D eigenvalue weighted by molar-refractivity contribution is -0.115. The van der Waals surface area contributed by atoms with Crippen molar-refractivity contribution >= 4 is 60.0 Å². The van der Waals surface area contributed by atoms with Crippen LogP contribution >= 0.6 is 11.3 Å². The van der Waals surface area contributed by atoms with Crippen LogP contribution in [-0.4, -0.2) is 37.2 Å². The Hall–Kier alpha value is -4.53. The van der Waals surface area contributed by atoms with E-state index in [4.69, 9.17) is 9.15 Å². The van der Waals surface area contributed by atoms with Crippen molar-refractivity contribution in [3.05, 3.63) is 100 Å². The molecule has 204 valence electrons. The highest BCUT2D eigenvalue weighted by Crippen LogP contribution is 2.42. The molecule has 3 aromatic heterocycles. The maximum absolute atomic E-state index is 13.1. The molecule has 6 aromatic rings. The number of aromatic nitrogens is 1. The van der Waals surface area contributed by atoms with Gasteiger partial charge in [0.15, 0.2) is 11.3 Å². The predicted molar refractivity (Wildman–Crippen MR) is 165 cm³/mol.